The number of anilines is 1. The quantitative estimate of drug-likeness (QED) is 0.225. The Balaban J connectivity index is 1.23. The molecule has 2 aromatic heterocycles. The average molecular weight is 528 g/mol. The zero-order valence-electron chi connectivity index (χ0n) is 19.0. The highest BCUT2D eigenvalue weighted by Gasteiger charge is 2.45. The molecule has 0 radical (unpaired) electrons. The molecule has 3 heterocycles. The van der Waals surface area contributed by atoms with E-state index in [9.17, 15) is 23.4 Å². The van der Waals surface area contributed by atoms with E-state index in [1.54, 1.807) is 18.2 Å². The van der Waals surface area contributed by atoms with E-state index >= 15 is 0 Å². The average Bonchev–Trinajstić information content (AvgIpc) is 3.45. The van der Waals surface area contributed by atoms with Crippen LogP contribution in [0.15, 0.2) is 72.1 Å². The van der Waals surface area contributed by atoms with E-state index in [2.05, 4.69) is 15.0 Å². The van der Waals surface area contributed by atoms with E-state index in [1.807, 2.05) is 0 Å². The number of aliphatic hydroxyl groups is 2. The summed E-state index contributed by atoms with van der Waals surface area (Å²) in [6, 6.07) is 13.0. The number of hydrogen-bond acceptors (Lipinski definition) is 12. The van der Waals surface area contributed by atoms with Gasteiger partial charge in [0.1, 0.15) is 47.4 Å². The third kappa shape index (κ3) is 4.82. The number of esters is 1. The van der Waals surface area contributed by atoms with Gasteiger partial charge in [0.05, 0.1) is 11.9 Å². The molecule has 0 bridgehead atoms. The lowest BCUT2D eigenvalue weighted by Crippen LogP contribution is -2.34. The van der Waals surface area contributed by atoms with Gasteiger partial charge in [-0.3, -0.25) is 4.57 Å². The highest BCUT2D eigenvalue weighted by Crippen LogP contribution is 2.32. The molecule has 1 unspecified atom stereocenters. The number of nitrogens with zero attached hydrogens (tertiary/aromatic N) is 4. The van der Waals surface area contributed by atoms with Crippen LogP contribution in [-0.4, -0.2) is 69.0 Å². The molecule has 4 N–H and O–H groups in total. The lowest BCUT2D eigenvalue weighted by atomic mass is 10.1. The molecule has 37 heavy (non-hydrogen) atoms. The number of nitrogens with two attached hydrogens (primary N) is 1. The van der Waals surface area contributed by atoms with E-state index in [0.29, 0.717) is 11.2 Å². The molecular formula is C23H21N5O8S. The van der Waals surface area contributed by atoms with Gasteiger partial charge in [-0.25, -0.2) is 19.7 Å². The van der Waals surface area contributed by atoms with Gasteiger partial charge in [0, 0.05) is 0 Å². The van der Waals surface area contributed by atoms with E-state index in [0.717, 1.165) is 0 Å². The maximum Gasteiger partial charge on any atom is 0.339 e. The van der Waals surface area contributed by atoms with Crippen molar-refractivity contribution in [2.24, 2.45) is 0 Å². The highest BCUT2D eigenvalue weighted by atomic mass is 32.2. The number of hydrogen-bond donors (Lipinski definition) is 3. The topological polar surface area (TPSA) is 189 Å². The van der Waals surface area contributed by atoms with Crippen LogP contribution in [0.5, 0.6) is 5.75 Å². The fraction of sp³-hybridized carbons (Fsp3) is 0.217. The fourth-order valence-corrected chi connectivity index (χ4v) is 4.73. The molecule has 192 valence electrons. The van der Waals surface area contributed by atoms with Crippen molar-refractivity contribution in [2.75, 3.05) is 12.3 Å². The van der Waals surface area contributed by atoms with Crippen LogP contribution in [0.25, 0.3) is 11.2 Å². The number of ether oxygens (including phenoxy) is 2. The lowest BCUT2D eigenvalue weighted by molar-refractivity contribution is -0.0565. The Bertz CT molecular complexity index is 1530. The Morgan fingerprint density at radius 3 is 2.49 bits per heavy atom. The first kappa shape index (κ1) is 24.6. The first-order valence-electron chi connectivity index (χ1n) is 11.0. The number of nitrogen functional groups attached to an aromatic ring is 1. The molecule has 14 heteroatoms. The number of rotatable bonds is 7. The van der Waals surface area contributed by atoms with Crippen molar-refractivity contribution in [2.45, 2.75) is 29.4 Å². The van der Waals surface area contributed by atoms with Crippen molar-refractivity contribution in [1.82, 2.24) is 19.5 Å². The van der Waals surface area contributed by atoms with Gasteiger partial charge in [-0.05, 0) is 36.4 Å². The van der Waals surface area contributed by atoms with Gasteiger partial charge in [0.15, 0.2) is 17.7 Å². The summed E-state index contributed by atoms with van der Waals surface area (Å²) in [6.45, 7) is -0.380. The minimum atomic E-state index is -4.10. The minimum absolute atomic E-state index is 0.0658. The second-order valence-electron chi connectivity index (χ2n) is 8.10. The Kier molecular flexibility index (Phi) is 6.47. The smallest absolute Gasteiger partial charge is 0.339 e. The lowest BCUT2D eigenvalue weighted by Gasteiger charge is -2.16. The standard InChI is InChI=1S/C23H21N5O8S/c24-20-17-21(26-11-25-20)28(12-27-17)22-19(30)18(29)16(35-22)10-34-23(31)13-6-8-15(9-7-13)37(32,33)36-14-4-2-1-3-5-14/h1-9,11-12,16,18-19,22,29-30H,10H2,(H2,24,25,26)/t16-,18-,19-,22?/m1/s1. The van der Waals surface area contributed by atoms with Crippen LogP contribution in [0.4, 0.5) is 5.82 Å². The number of fused-ring (bicyclic) bond motifs is 1. The normalized spacial score (nSPS) is 21.7. The number of aliphatic hydroxyl groups excluding tert-OH is 2. The Hall–Kier alpha value is -4.11. The van der Waals surface area contributed by atoms with Gasteiger partial charge in [0.25, 0.3) is 0 Å². The molecule has 0 amide bonds. The number of carbonyl (C=O) groups is 1. The molecule has 13 nitrogen and oxygen atoms in total. The van der Waals surface area contributed by atoms with Gasteiger partial charge in [0.2, 0.25) is 0 Å². The molecule has 0 spiro atoms. The Labute approximate surface area is 210 Å². The molecule has 1 aliphatic rings. The van der Waals surface area contributed by atoms with Crippen molar-refractivity contribution in [3.8, 4) is 5.75 Å². The molecule has 4 atom stereocenters. The van der Waals surface area contributed by atoms with Crippen LogP contribution in [0.2, 0.25) is 0 Å². The molecule has 1 saturated heterocycles. The summed E-state index contributed by atoms with van der Waals surface area (Å²) >= 11 is 0. The number of imidazole rings is 1. The zero-order valence-corrected chi connectivity index (χ0v) is 19.8. The van der Waals surface area contributed by atoms with Crippen LogP contribution in [-0.2, 0) is 19.6 Å². The summed E-state index contributed by atoms with van der Waals surface area (Å²) in [5.41, 5.74) is 6.46. The maximum atomic E-state index is 12.5. The van der Waals surface area contributed by atoms with Crippen LogP contribution < -0.4 is 9.92 Å². The molecule has 4 aromatic rings. The van der Waals surface area contributed by atoms with E-state index in [4.69, 9.17) is 19.4 Å². The largest absolute Gasteiger partial charge is 0.459 e. The van der Waals surface area contributed by atoms with E-state index in [1.165, 1.54) is 53.6 Å². The third-order valence-electron chi connectivity index (χ3n) is 5.70. The van der Waals surface area contributed by atoms with Gasteiger partial charge in [-0.15, -0.1) is 0 Å². The van der Waals surface area contributed by atoms with Crippen LogP contribution >= 0.6 is 0 Å². The second-order valence-corrected chi connectivity index (χ2v) is 9.65. The highest BCUT2D eigenvalue weighted by molar-refractivity contribution is 7.87. The molecule has 1 aliphatic heterocycles. The number of carbonyl (C=O) groups excluding carboxylic acids is 1. The summed E-state index contributed by atoms with van der Waals surface area (Å²) in [4.78, 5) is 24.4. The van der Waals surface area contributed by atoms with Crippen LogP contribution in [0, 0.1) is 0 Å². The Morgan fingerprint density at radius 2 is 1.76 bits per heavy atom. The predicted octanol–water partition coefficient (Wildman–Crippen LogP) is 0.652. The molecule has 0 saturated carbocycles. The summed E-state index contributed by atoms with van der Waals surface area (Å²) in [5.74, 6) is -0.482. The van der Waals surface area contributed by atoms with Gasteiger partial charge in [-0.2, -0.15) is 8.42 Å². The molecular weight excluding hydrogens is 506 g/mol. The summed E-state index contributed by atoms with van der Waals surface area (Å²) in [5, 5.41) is 21.0. The maximum absolute atomic E-state index is 12.5. The SMILES string of the molecule is Nc1ncnc2c1ncn2C1O[C@H](COC(=O)c2ccc(S(=O)(=O)Oc3ccccc3)cc2)[C@@H](O)[C@H]1O. The van der Waals surface area contributed by atoms with Crippen molar-refractivity contribution >= 4 is 33.1 Å². The second kappa shape index (κ2) is 9.74. The zero-order chi connectivity index (χ0) is 26.2. The predicted molar refractivity (Wildman–Crippen MR) is 127 cm³/mol. The molecule has 5 rings (SSSR count). The van der Waals surface area contributed by atoms with Crippen molar-refractivity contribution in [3.63, 3.8) is 0 Å². The van der Waals surface area contributed by atoms with Gasteiger partial charge >= 0.3 is 16.1 Å². The summed E-state index contributed by atoms with van der Waals surface area (Å²) in [6.07, 6.45) is -2.28. The van der Waals surface area contributed by atoms with Crippen molar-refractivity contribution in [3.05, 3.63) is 72.8 Å². The fourth-order valence-electron chi connectivity index (χ4n) is 3.80. The van der Waals surface area contributed by atoms with Crippen molar-refractivity contribution in [1.29, 1.82) is 0 Å². The number of para-hydroxylation sites is 1. The minimum Gasteiger partial charge on any atom is -0.459 e. The molecule has 0 aliphatic carbocycles. The van der Waals surface area contributed by atoms with Crippen molar-refractivity contribution < 1.29 is 37.1 Å². The number of benzene rings is 2. The summed E-state index contributed by atoms with van der Waals surface area (Å²) < 4.78 is 42.3. The van der Waals surface area contributed by atoms with Gasteiger partial charge < -0.3 is 29.6 Å². The number of aromatic nitrogens is 4. The molecule has 1 fully saturated rings. The van der Waals surface area contributed by atoms with Crippen LogP contribution in [0.1, 0.15) is 16.6 Å². The third-order valence-corrected chi connectivity index (χ3v) is 6.97. The Morgan fingerprint density at radius 1 is 1.03 bits per heavy atom. The van der Waals surface area contributed by atoms with Gasteiger partial charge in [-0.1, -0.05) is 18.2 Å². The van der Waals surface area contributed by atoms with E-state index < -0.39 is 40.6 Å². The van der Waals surface area contributed by atoms with Crippen LogP contribution in [0.3, 0.4) is 0 Å². The first-order valence-corrected chi connectivity index (χ1v) is 12.4. The summed E-state index contributed by atoms with van der Waals surface area (Å²) in [7, 11) is -4.10. The molecule has 2 aromatic carbocycles. The monoisotopic (exact) mass is 527 g/mol. The van der Waals surface area contributed by atoms with E-state index in [-0.39, 0.29) is 28.6 Å². The first-order chi connectivity index (χ1) is 17.7.